The van der Waals surface area contributed by atoms with Crippen molar-refractivity contribution in [2.24, 2.45) is 0 Å². The van der Waals surface area contributed by atoms with Gasteiger partial charge < -0.3 is 9.47 Å². The highest BCUT2D eigenvalue weighted by molar-refractivity contribution is 6.02. The van der Waals surface area contributed by atoms with Crippen molar-refractivity contribution in [3.63, 3.8) is 0 Å². The molecule has 3 aromatic rings. The number of rotatable bonds is 7. The van der Waals surface area contributed by atoms with E-state index in [0.717, 1.165) is 0 Å². The zero-order chi connectivity index (χ0) is 19.4. The second-order valence-corrected chi connectivity index (χ2v) is 7.03. The minimum atomic E-state index is -0.364. The van der Waals surface area contributed by atoms with Crippen molar-refractivity contribution < 1.29 is 14.3 Å². The number of ether oxygens (including phenoxy) is 2. The Hall–Kier alpha value is -2.65. The number of fused-ring (bicyclic) bond motifs is 2. The first-order valence-electron chi connectivity index (χ1n) is 9.34. The van der Waals surface area contributed by atoms with Gasteiger partial charge in [-0.1, -0.05) is 61.5 Å². The lowest BCUT2D eigenvalue weighted by Crippen LogP contribution is -2.23. The highest BCUT2D eigenvalue weighted by Crippen LogP contribution is 2.30. The van der Waals surface area contributed by atoms with Gasteiger partial charge in [-0.15, -0.1) is 0 Å². The van der Waals surface area contributed by atoms with Gasteiger partial charge in [0.25, 0.3) is 0 Å². The molecule has 27 heavy (non-hydrogen) atoms. The maximum absolute atomic E-state index is 11.8. The van der Waals surface area contributed by atoms with Crippen LogP contribution in [0.5, 0.6) is 0 Å². The number of hydrogen-bond acceptors (Lipinski definition) is 3. The monoisotopic (exact) mass is 362 g/mol. The van der Waals surface area contributed by atoms with E-state index in [1.807, 2.05) is 6.92 Å². The standard InChI is InChI=1S/C24H26O3/c1-5-20(27-24(25)16(2)3)14-26-15-23-21-9-7-6-8-18(21)13-19-11-10-17(4)12-22(19)23/h6-13,20H,2,5,14-15H2,1,3-4H3. The predicted octanol–water partition coefficient (Wildman–Crippen LogP) is 5.72. The number of carbonyl (C=O) groups excluding carboxylic acids is 1. The fourth-order valence-corrected chi connectivity index (χ4v) is 3.20. The van der Waals surface area contributed by atoms with E-state index in [2.05, 4.69) is 62.0 Å². The third-order valence-corrected chi connectivity index (χ3v) is 4.76. The van der Waals surface area contributed by atoms with Gasteiger partial charge in [-0.2, -0.15) is 0 Å². The maximum atomic E-state index is 11.8. The van der Waals surface area contributed by atoms with Crippen molar-refractivity contribution in [2.75, 3.05) is 6.61 Å². The molecule has 3 nitrogen and oxygen atoms in total. The SMILES string of the molecule is C=C(C)C(=O)OC(CC)COCc1c2ccccc2cc2ccc(C)cc12. The summed E-state index contributed by atoms with van der Waals surface area (Å²) in [6, 6.07) is 17.1. The molecule has 0 N–H and O–H groups in total. The molecule has 0 radical (unpaired) electrons. The molecule has 0 aliphatic rings. The Kier molecular flexibility index (Phi) is 5.92. The Balaban J connectivity index is 1.85. The average Bonchev–Trinajstić information content (AvgIpc) is 2.66. The Bertz CT molecular complexity index is 987. The van der Waals surface area contributed by atoms with Crippen LogP contribution >= 0.6 is 0 Å². The summed E-state index contributed by atoms with van der Waals surface area (Å²) in [5, 5.41) is 4.81. The third kappa shape index (κ3) is 4.37. The van der Waals surface area contributed by atoms with E-state index in [9.17, 15) is 4.79 Å². The molecule has 0 aliphatic carbocycles. The van der Waals surface area contributed by atoms with E-state index >= 15 is 0 Å². The topological polar surface area (TPSA) is 35.5 Å². The number of carbonyl (C=O) groups is 1. The Labute approximate surface area is 160 Å². The Morgan fingerprint density at radius 3 is 2.56 bits per heavy atom. The van der Waals surface area contributed by atoms with Crippen LogP contribution < -0.4 is 0 Å². The average molecular weight is 362 g/mol. The molecule has 1 unspecified atom stereocenters. The third-order valence-electron chi connectivity index (χ3n) is 4.76. The van der Waals surface area contributed by atoms with Crippen molar-refractivity contribution in [2.45, 2.75) is 39.9 Å². The summed E-state index contributed by atoms with van der Waals surface area (Å²) in [6.45, 7) is 10.2. The van der Waals surface area contributed by atoms with E-state index in [-0.39, 0.29) is 12.1 Å². The highest BCUT2D eigenvalue weighted by atomic mass is 16.6. The molecule has 140 valence electrons. The highest BCUT2D eigenvalue weighted by Gasteiger charge is 2.14. The lowest BCUT2D eigenvalue weighted by molar-refractivity contribution is -0.147. The molecule has 0 bridgehead atoms. The summed E-state index contributed by atoms with van der Waals surface area (Å²) >= 11 is 0. The van der Waals surface area contributed by atoms with Crippen molar-refractivity contribution in [3.8, 4) is 0 Å². The van der Waals surface area contributed by atoms with Gasteiger partial charge in [-0.05, 0) is 53.4 Å². The van der Waals surface area contributed by atoms with Crippen LogP contribution in [-0.4, -0.2) is 18.7 Å². The summed E-state index contributed by atoms with van der Waals surface area (Å²) in [6.07, 6.45) is 0.436. The van der Waals surface area contributed by atoms with E-state index in [1.54, 1.807) is 6.92 Å². The largest absolute Gasteiger partial charge is 0.457 e. The minimum absolute atomic E-state index is 0.267. The molecule has 0 heterocycles. The zero-order valence-corrected chi connectivity index (χ0v) is 16.2. The molecule has 0 amide bonds. The second kappa shape index (κ2) is 8.36. The van der Waals surface area contributed by atoms with Gasteiger partial charge in [0.1, 0.15) is 6.10 Å². The Morgan fingerprint density at radius 2 is 1.81 bits per heavy atom. The molecule has 3 aromatic carbocycles. The summed E-state index contributed by atoms with van der Waals surface area (Å²) in [4.78, 5) is 11.8. The van der Waals surface area contributed by atoms with Gasteiger partial charge in [0.15, 0.2) is 0 Å². The van der Waals surface area contributed by atoms with Gasteiger partial charge >= 0.3 is 5.97 Å². The van der Waals surface area contributed by atoms with Crippen LogP contribution in [0.25, 0.3) is 21.5 Å². The van der Waals surface area contributed by atoms with Gasteiger partial charge in [-0.25, -0.2) is 4.79 Å². The number of hydrogen-bond donors (Lipinski definition) is 0. The molecule has 3 heteroatoms. The van der Waals surface area contributed by atoms with Crippen molar-refractivity contribution >= 4 is 27.5 Å². The molecule has 0 fully saturated rings. The van der Waals surface area contributed by atoms with Crippen LogP contribution in [0.15, 0.2) is 60.7 Å². The molecule has 0 saturated heterocycles. The van der Waals surface area contributed by atoms with Crippen molar-refractivity contribution in [3.05, 3.63) is 71.8 Å². The lowest BCUT2D eigenvalue weighted by atomic mass is 9.96. The van der Waals surface area contributed by atoms with Crippen LogP contribution in [0.1, 0.15) is 31.4 Å². The van der Waals surface area contributed by atoms with Crippen molar-refractivity contribution in [1.82, 2.24) is 0 Å². The van der Waals surface area contributed by atoms with Gasteiger partial charge in [-0.3, -0.25) is 0 Å². The first kappa shape index (κ1) is 19.1. The molecule has 0 aliphatic heterocycles. The Morgan fingerprint density at radius 1 is 1.07 bits per heavy atom. The number of benzene rings is 3. The van der Waals surface area contributed by atoms with E-state index < -0.39 is 0 Å². The molecule has 0 spiro atoms. The number of aryl methyl sites for hydroxylation is 1. The molecule has 0 saturated carbocycles. The summed E-state index contributed by atoms with van der Waals surface area (Å²) in [5.41, 5.74) is 2.80. The van der Waals surface area contributed by atoms with Crippen LogP contribution in [0.4, 0.5) is 0 Å². The predicted molar refractivity (Wildman–Crippen MR) is 111 cm³/mol. The fourth-order valence-electron chi connectivity index (χ4n) is 3.20. The van der Waals surface area contributed by atoms with Crippen LogP contribution in [0.3, 0.4) is 0 Å². The smallest absolute Gasteiger partial charge is 0.333 e. The first-order chi connectivity index (χ1) is 13.0. The molecular formula is C24H26O3. The van der Waals surface area contributed by atoms with Crippen LogP contribution in [-0.2, 0) is 20.9 Å². The summed E-state index contributed by atoms with van der Waals surface area (Å²) in [7, 11) is 0. The van der Waals surface area contributed by atoms with E-state index in [4.69, 9.17) is 9.47 Å². The molecule has 1 atom stereocenters. The zero-order valence-electron chi connectivity index (χ0n) is 16.2. The van der Waals surface area contributed by atoms with E-state index in [1.165, 1.54) is 32.7 Å². The summed E-state index contributed by atoms with van der Waals surface area (Å²) in [5.74, 6) is -0.364. The molecular weight excluding hydrogens is 336 g/mol. The fraction of sp³-hybridized carbons (Fsp3) is 0.292. The quantitative estimate of drug-likeness (QED) is 0.306. The second-order valence-electron chi connectivity index (χ2n) is 7.03. The van der Waals surface area contributed by atoms with Gasteiger partial charge in [0.05, 0.1) is 13.2 Å². The lowest BCUT2D eigenvalue weighted by Gasteiger charge is -2.18. The van der Waals surface area contributed by atoms with Crippen LogP contribution in [0.2, 0.25) is 0 Å². The van der Waals surface area contributed by atoms with Crippen LogP contribution in [0, 0.1) is 6.92 Å². The van der Waals surface area contributed by atoms with Crippen molar-refractivity contribution in [1.29, 1.82) is 0 Å². The maximum Gasteiger partial charge on any atom is 0.333 e. The number of esters is 1. The van der Waals surface area contributed by atoms with Gasteiger partial charge in [0.2, 0.25) is 0 Å². The first-order valence-corrected chi connectivity index (χ1v) is 9.34. The molecule has 3 rings (SSSR count). The van der Waals surface area contributed by atoms with E-state index in [0.29, 0.717) is 25.2 Å². The van der Waals surface area contributed by atoms with Gasteiger partial charge in [0, 0.05) is 5.57 Å². The molecule has 0 aromatic heterocycles. The minimum Gasteiger partial charge on any atom is -0.457 e. The normalized spacial score (nSPS) is 12.3. The summed E-state index contributed by atoms with van der Waals surface area (Å²) < 4.78 is 11.4.